The summed E-state index contributed by atoms with van der Waals surface area (Å²) in [5.74, 6) is 4.26. The average Bonchev–Trinajstić information content (AvgIpc) is 3.36. The Morgan fingerprint density at radius 2 is 0.603 bits per heavy atom. The third-order valence-electron chi connectivity index (χ3n) is 13.3. The normalized spacial score (nSPS) is 11.8. The zero-order valence-corrected chi connectivity index (χ0v) is 48.6. The zero-order valence-electron chi connectivity index (χ0n) is 44.0. The van der Waals surface area contributed by atoms with E-state index in [1.807, 2.05) is 98.8 Å². The molecule has 7 aromatic carbocycles. The van der Waals surface area contributed by atoms with Crippen molar-refractivity contribution in [2.75, 3.05) is 0 Å². The second-order valence-corrected chi connectivity index (χ2v) is 25.6. The van der Waals surface area contributed by atoms with E-state index >= 15 is 0 Å². The number of hydrogen-bond acceptors (Lipinski definition) is 8. The van der Waals surface area contributed by atoms with Crippen LogP contribution in [0.4, 0.5) is 0 Å². The lowest BCUT2D eigenvalue weighted by Crippen LogP contribution is -2.19. The van der Waals surface area contributed by atoms with Crippen LogP contribution in [0, 0.1) is 96.9 Å². The maximum absolute atomic E-state index is 7.68. The first kappa shape index (κ1) is 52.9. The molecular weight excluding hydrogens is 1010 g/mol. The maximum atomic E-state index is 7.68. The first-order valence-corrected chi connectivity index (χ1v) is 29.2. The summed E-state index contributed by atoms with van der Waals surface area (Å²) in [7, 11) is -7.07. The largest absolute Gasteiger partial charge is 0.413 e. The fraction of sp³-hybridized carbons (Fsp3) is 0.250. The Morgan fingerprint density at radius 1 is 0.329 bits per heavy atom. The van der Waals surface area contributed by atoms with Crippen LogP contribution in [-0.4, -0.2) is 21.5 Å². The zero-order chi connectivity index (χ0) is 52.1. The Hall–Kier alpha value is -6.36. The predicted molar refractivity (Wildman–Crippen MR) is 303 cm³/mol. The molecule has 1 heterocycles. The molecule has 17 heteroatoms. The molecule has 1 aromatic heterocycles. The van der Waals surface area contributed by atoms with Crippen LogP contribution < -0.4 is 32.9 Å². The molecule has 0 fully saturated rings. The van der Waals surface area contributed by atoms with E-state index in [1.54, 1.807) is 17.0 Å². The molecule has 0 saturated carbocycles. The van der Waals surface area contributed by atoms with E-state index in [0.717, 1.165) is 77.9 Å². The molecule has 0 N–H and O–H groups in total. The van der Waals surface area contributed by atoms with Crippen molar-refractivity contribution >= 4 is 41.3 Å². The van der Waals surface area contributed by atoms with Crippen LogP contribution >= 0.6 is 41.3 Å². The predicted octanol–water partition coefficient (Wildman–Crippen LogP) is 17.4. The number of nitrogens with zero attached hydrogens (tertiary/aromatic N) is 5. The van der Waals surface area contributed by atoms with Gasteiger partial charge in [0.2, 0.25) is 0 Å². The monoisotopic (exact) mass is 1070 g/mol. The molecule has 0 amide bonds. The third kappa shape index (κ3) is 11.9. The SMILES string of the molecule is Cc1cccc(On2pn[pH]n(Oc3cccc(C)c3C)p(Oc3cccc(C)c3C)n(Oc3cccc(C)c3C)p(Oc3cccc(C)c3C)n(Oc3cccc(C)c3C)p2Oc2cccc(C)c2C)c1C. The van der Waals surface area contributed by atoms with Gasteiger partial charge in [0, 0.05) is 0 Å². The Balaban J connectivity index is 1.68. The Bertz CT molecular complexity index is 3290. The van der Waals surface area contributed by atoms with Crippen molar-refractivity contribution in [2.24, 2.45) is 0 Å². The summed E-state index contributed by atoms with van der Waals surface area (Å²) in [5, 5.41) is 0. The summed E-state index contributed by atoms with van der Waals surface area (Å²) in [4.78, 5) is 29.4. The van der Waals surface area contributed by atoms with Crippen LogP contribution in [0.15, 0.2) is 127 Å². The lowest BCUT2D eigenvalue weighted by Gasteiger charge is -2.26. The standard InChI is InChI=1S/C56H64N5O7P5/c1-36-22-15-29-50(43(36)8)62-58-69-57-70-59(63-51-30-16-23-37(2)44(51)9)72(67-55-34-20-27-41(6)48(55)13)61(65-53-32-18-25-39(4)46(53)11)73(68-56-35-21-28-42(7)49(56)14)60(64-52-31-17-24-38(3)45(52)10)71(58)66-54-33-19-26-40(5)47(54)12/h15-35,69H,1-14H3. The molecule has 0 spiro atoms. The quantitative estimate of drug-likeness (QED) is 0.106. The lowest BCUT2D eigenvalue weighted by atomic mass is 10.1. The van der Waals surface area contributed by atoms with Crippen LogP contribution in [0.5, 0.6) is 40.2 Å². The Morgan fingerprint density at radius 3 is 0.973 bits per heavy atom. The highest BCUT2D eigenvalue weighted by atomic mass is 31.2. The van der Waals surface area contributed by atoms with Crippen molar-refractivity contribution in [3.8, 4) is 40.2 Å². The van der Waals surface area contributed by atoms with Gasteiger partial charge in [-0.1, -0.05) is 93.4 Å². The number of aryl methyl sites for hydroxylation is 7. The summed E-state index contributed by atoms with van der Waals surface area (Å²) in [6.45, 7) is 28.9. The highest BCUT2D eigenvalue weighted by Crippen LogP contribution is 2.48. The molecule has 73 heavy (non-hydrogen) atoms. The van der Waals surface area contributed by atoms with E-state index in [-0.39, 0.29) is 0 Å². The molecule has 0 aliphatic heterocycles. The number of aromatic nitrogens is 5. The molecule has 0 radical (unpaired) electrons. The van der Waals surface area contributed by atoms with Crippen LogP contribution in [0.1, 0.15) is 77.9 Å². The number of benzene rings is 7. The van der Waals surface area contributed by atoms with E-state index in [9.17, 15) is 0 Å². The van der Waals surface area contributed by atoms with E-state index in [1.165, 1.54) is 0 Å². The highest BCUT2D eigenvalue weighted by molar-refractivity contribution is 7.57. The van der Waals surface area contributed by atoms with E-state index in [2.05, 4.69) is 126 Å². The molecule has 0 bridgehead atoms. The molecule has 8 rings (SSSR count). The van der Waals surface area contributed by atoms with Crippen molar-refractivity contribution in [3.63, 3.8) is 0 Å². The van der Waals surface area contributed by atoms with Crippen LogP contribution in [0.25, 0.3) is 0 Å². The summed E-state index contributed by atoms with van der Waals surface area (Å²) in [5.41, 5.74) is 14.0. The van der Waals surface area contributed by atoms with Crippen LogP contribution in [0.3, 0.4) is 0 Å². The van der Waals surface area contributed by atoms with E-state index < -0.39 is 32.7 Å². The van der Waals surface area contributed by atoms with E-state index in [4.69, 9.17) is 37.4 Å². The Kier molecular flexibility index (Phi) is 16.9. The van der Waals surface area contributed by atoms with Crippen molar-refractivity contribution in [1.82, 2.24) is 21.5 Å². The summed E-state index contributed by atoms with van der Waals surface area (Å²) >= 11 is 0. The van der Waals surface area contributed by atoms with Gasteiger partial charge in [0.05, 0.1) is 8.51 Å². The fourth-order valence-electron chi connectivity index (χ4n) is 7.34. The minimum absolute atomic E-state index is 0.368. The van der Waals surface area contributed by atoms with Gasteiger partial charge in [0.25, 0.3) is 0 Å². The second kappa shape index (κ2) is 23.2. The molecule has 0 aliphatic rings. The molecule has 4 atom stereocenters. The number of rotatable bonds is 14. The first-order chi connectivity index (χ1) is 35.0. The van der Waals surface area contributed by atoms with E-state index in [0.29, 0.717) is 48.8 Å². The molecule has 4 unspecified atom stereocenters. The van der Waals surface area contributed by atoms with Gasteiger partial charge in [-0.05, 0) is 226 Å². The minimum atomic E-state index is -2.46. The molecule has 0 saturated heterocycles. The van der Waals surface area contributed by atoms with Gasteiger partial charge in [0.15, 0.2) is 31.5 Å². The van der Waals surface area contributed by atoms with Crippen molar-refractivity contribution in [1.29, 1.82) is 0 Å². The highest BCUT2D eigenvalue weighted by Gasteiger charge is 2.28. The molecule has 12 nitrogen and oxygen atoms in total. The first-order valence-electron chi connectivity index (χ1n) is 24.0. The van der Waals surface area contributed by atoms with Gasteiger partial charge in [-0.2, -0.15) is 4.51 Å². The van der Waals surface area contributed by atoms with Gasteiger partial charge in [-0.15, -0.1) is 0 Å². The lowest BCUT2D eigenvalue weighted by molar-refractivity contribution is 0.212. The summed E-state index contributed by atoms with van der Waals surface area (Å²) < 4.78 is 35.1. The van der Waals surface area contributed by atoms with Crippen molar-refractivity contribution in [3.05, 3.63) is 205 Å². The minimum Gasteiger partial charge on any atom is -0.413 e. The van der Waals surface area contributed by atoms with Crippen LogP contribution in [0.2, 0.25) is 0 Å². The van der Waals surface area contributed by atoms with Gasteiger partial charge in [0.1, 0.15) is 17.2 Å². The maximum Gasteiger partial charge on any atom is 0.322 e. The van der Waals surface area contributed by atoms with Gasteiger partial charge in [-0.25, -0.2) is 0 Å². The van der Waals surface area contributed by atoms with Crippen molar-refractivity contribution in [2.45, 2.75) is 96.9 Å². The fourth-order valence-corrected chi connectivity index (χ4v) is 16.2. The van der Waals surface area contributed by atoms with Gasteiger partial charge in [-0.3, -0.25) is 0 Å². The third-order valence-corrected chi connectivity index (χ3v) is 21.2. The molecule has 380 valence electrons. The summed E-state index contributed by atoms with van der Waals surface area (Å²) in [6.07, 6.45) is 0. The molecule has 8 aromatic rings. The van der Waals surface area contributed by atoms with Gasteiger partial charge < -0.3 is 32.9 Å². The topological polar surface area (TPSA) is 97.2 Å². The van der Waals surface area contributed by atoms with Crippen molar-refractivity contribution < 1.29 is 32.9 Å². The summed E-state index contributed by atoms with van der Waals surface area (Å²) in [6, 6.07) is 42.2. The van der Waals surface area contributed by atoms with Crippen LogP contribution in [-0.2, 0) is 0 Å². The average molecular weight is 1070 g/mol. The second-order valence-electron chi connectivity index (χ2n) is 18.1. The van der Waals surface area contributed by atoms with Gasteiger partial charge >= 0.3 is 24.2 Å². The Labute approximate surface area is 436 Å². The molecule has 0 aliphatic carbocycles. The smallest absolute Gasteiger partial charge is 0.322 e. The number of hydrogen-bond donors (Lipinski definition) is 0. The molecular formula is C56H64N5O7P5.